The summed E-state index contributed by atoms with van der Waals surface area (Å²) >= 11 is 2.38. The summed E-state index contributed by atoms with van der Waals surface area (Å²) in [4.78, 5) is 64.5. The molecular weight excluding hydrogens is 540 g/mol. The van der Waals surface area contributed by atoms with E-state index in [1.54, 1.807) is 14.1 Å². The number of aliphatic carboxylic acids is 1. The molecule has 0 bridgehead atoms. The third kappa shape index (κ3) is 5.17. The zero-order chi connectivity index (χ0) is 27.9. The highest BCUT2D eigenvalue weighted by molar-refractivity contribution is 8.23. The average Bonchev–Trinajstić information content (AvgIpc) is 3.41. The number of carboxylic acids is 1. The average molecular weight is 567 g/mol. The lowest BCUT2D eigenvalue weighted by Crippen LogP contribution is -2.60. The molecule has 38 heavy (non-hydrogen) atoms. The first kappa shape index (κ1) is 27.7. The molecule has 1 aromatic rings. The summed E-state index contributed by atoms with van der Waals surface area (Å²) in [6, 6.07) is 4.70. The number of amides is 3. The highest BCUT2D eigenvalue weighted by Crippen LogP contribution is 2.55. The van der Waals surface area contributed by atoms with Crippen molar-refractivity contribution in [3.8, 4) is 0 Å². The van der Waals surface area contributed by atoms with Crippen LogP contribution >= 0.6 is 23.5 Å². The summed E-state index contributed by atoms with van der Waals surface area (Å²) < 4.78 is 5.78. The number of hydrogen-bond donors (Lipinski definition) is 2. The van der Waals surface area contributed by atoms with E-state index in [9.17, 15) is 39.5 Å². The highest BCUT2D eigenvalue weighted by Gasteiger charge is 2.58. The van der Waals surface area contributed by atoms with Crippen molar-refractivity contribution in [2.24, 2.45) is 5.92 Å². The molecule has 2 saturated heterocycles. The summed E-state index contributed by atoms with van der Waals surface area (Å²) in [6.45, 7) is 1.43. The summed E-state index contributed by atoms with van der Waals surface area (Å²) in [5.41, 5.74) is 0.286. The number of aliphatic hydroxyl groups is 1. The quantitative estimate of drug-likeness (QED) is 0.266. The van der Waals surface area contributed by atoms with E-state index < -0.39 is 46.3 Å². The fourth-order valence-corrected chi connectivity index (χ4v) is 7.90. The minimum Gasteiger partial charge on any atom is -0.477 e. The van der Waals surface area contributed by atoms with Crippen LogP contribution in [0.2, 0.25) is 0 Å². The first-order chi connectivity index (χ1) is 17.9. The first-order valence-electron chi connectivity index (χ1n) is 11.6. The maximum atomic E-state index is 13.0. The molecule has 1 aromatic carbocycles. The monoisotopic (exact) mass is 566 g/mol. The largest absolute Gasteiger partial charge is 0.477 e. The Labute approximate surface area is 225 Å². The molecule has 3 aliphatic heterocycles. The molecule has 0 spiro atoms. The molecule has 0 saturated carbocycles. The van der Waals surface area contributed by atoms with Crippen LogP contribution < -0.4 is 0 Å². The zero-order valence-corrected chi connectivity index (χ0v) is 22.3. The minimum atomic E-state index is -1.27. The Morgan fingerprint density at radius 3 is 2.50 bits per heavy atom. The van der Waals surface area contributed by atoms with Crippen molar-refractivity contribution in [3.05, 3.63) is 49.9 Å². The molecule has 5 atom stereocenters. The Hall–Kier alpha value is -3.30. The van der Waals surface area contributed by atoms with Gasteiger partial charge in [-0.1, -0.05) is 11.8 Å². The highest BCUT2D eigenvalue weighted by atomic mass is 32.2. The number of carbonyl (C=O) groups is 4. The number of hydrogen-bond acceptors (Lipinski definition) is 10. The van der Waals surface area contributed by atoms with Crippen LogP contribution in [0.5, 0.6) is 0 Å². The number of carboxylic acid groups (broad SMARTS) is 1. The fourth-order valence-electron chi connectivity index (χ4n) is 4.54. The lowest BCUT2D eigenvalue weighted by atomic mass is 9.92. The molecule has 3 aliphatic rings. The molecule has 3 amide bonds. The van der Waals surface area contributed by atoms with Crippen LogP contribution in [0, 0.1) is 16.0 Å². The molecule has 0 radical (unpaired) electrons. The second-order valence-corrected chi connectivity index (χ2v) is 12.0. The predicted molar refractivity (Wildman–Crippen MR) is 137 cm³/mol. The van der Waals surface area contributed by atoms with Crippen molar-refractivity contribution < 1.29 is 39.1 Å². The van der Waals surface area contributed by atoms with Crippen LogP contribution in [0.25, 0.3) is 0 Å². The lowest BCUT2D eigenvalue weighted by Gasteiger charge is -2.43. The van der Waals surface area contributed by atoms with E-state index in [0.29, 0.717) is 9.80 Å². The van der Waals surface area contributed by atoms with E-state index in [4.69, 9.17) is 4.74 Å². The molecule has 2 N–H and O–H groups in total. The van der Waals surface area contributed by atoms with Gasteiger partial charge in [-0.3, -0.25) is 29.5 Å². The third-order valence-electron chi connectivity index (χ3n) is 6.47. The third-order valence-corrected chi connectivity index (χ3v) is 9.29. The van der Waals surface area contributed by atoms with Crippen LogP contribution in [0.4, 0.5) is 10.5 Å². The van der Waals surface area contributed by atoms with Crippen molar-refractivity contribution in [3.63, 3.8) is 0 Å². The number of likely N-dealkylation sites (tertiary alicyclic amines) is 1. The normalized spacial score (nSPS) is 25.1. The molecule has 13 nitrogen and oxygen atoms in total. The number of thioether (sulfide) groups is 2. The Kier molecular flexibility index (Phi) is 7.90. The van der Waals surface area contributed by atoms with Crippen molar-refractivity contribution in [2.75, 3.05) is 20.6 Å². The van der Waals surface area contributed by atoms with Gasteiger partial charge in [0, 0.05) is 38.0 Å². The van der Waals surface area contributed by atoms with E-state index in [0.717, 1.165) is 0 Å². The fraction of sp³-hybridized carbons (Fsp3) is 0.478. The topological polar surface area (TPSA) is 171 Å². The summed E-state index contributed by atoms with van der Waals surface area (Å²) in [6.07, 6.45) is -1.43. The van der Waals surface area contributed by atoms with Gasteiger partial charge in [0.25, 0.3) is 5.69 Å². The van der Waals surface area contributed by atoms with Crippen molar-refractivity contribution >= 4 is 53.1 Å². The molecule has 3 heterocycles. The number of non-ortho nitro benzene ring substituents is 1. The summed E-state index contributed by atoms with van der Waals surface area (Å²) in [5, 5.41) is 29.7. The number of rotatable bonds is 8. The number of ether oxygens (including phenoxy) is 1. The van der Waals surface area contributed by atoms with Crippen molar-refractivity contribution in [1.82, 2.24) is 14.7 Å². The van der Waals surface area contributed by atoms with Crippen LogP contribution in [-0.4, -0.2) is 97.1 Å². The van der Waals surface area contributed by atoms with E-state index in [-0.39, 0.29) is 42.1 Å². The maximum Gasteiger partial charge on any atom is 0.410 e. The second kappa shape index (κ2) is 10.8. The predicted octanol–water partition coefficient (Wildman–Crippen LogP) is 1.66. The number of carbonyl (C=O) groups excluding carboxylic acids is 3. The standard InChI is InChI=1S/C23H26N4O9S2/c1-11(28)16-19(30)26-17(21(31)32)22(38-20(16)26)37-14-8-15(18(29)24(2)3)25(9-14)23(33)36-10-12-4-6-13(7-5-12)27(34)35/h4-7,11,14-16,20,28H,8-10H2,1-3H3,(H,31,32)/t11-,14-,15-,16+,20-/m1/s1. The van der Waals surface area contributed by atoms with E-state index in [2.05, 4.69) is 0 Å². The van der Waals surface area contributed by atoms with E-state index >= 15 is 0 Å². The van der Waals surface area contributed by atoms with Gasteiger partial charge in [-0.15, -0.1) is 11.8 Å². The van der Waals surface area contributed by atoms with E-state index in [1.165, 1.54) is 69.4 Å². The van der Waals surface area contributed by atoms with Gasteiger partial charge in [0.05, 0.1) is 21.2 Å². The number of likely N-dealkylation sites (N-methyl/N-ethyl adjacent to an activating group) is 1. The van der Waals surface area contributed by atoms with Gasteiger partial charge in [0.2, 0.25) is 11.8 Å². The summed E-state index contributed by atoms with van der Waals surface area (Å²) in [5.74, 6) is -2.74. The van der Waals surface area contributed by atoms with Gasteiger partial charge in [-0.25, -0.2) is 9.59 Å². The van der Waals surface area contributed by atoms with Gasteiger partial charge in [0.15, 0.2) is 5.70 Å². The van der Waals surface area contributed by atoms with Gasteiger partial charge < -0.3 is 19.8 Å². The Morgan fingerprint density at radius 2 is 1.95 bits per heavy atom. The maximum absolute atomic E-state index is 13.0. The van der Waals surface area contributed by atoms with Gasteiger partial charge >= 0.3 is 12.1 Å². The number of β-lactam (4-membered cyclic amide) rings is 1. The number of nitro benzene ring substituents is 1. The van der Waals surface area contributed by atoms with Crippen LogP contribution in [0.15, 0.2) is 34.2 Å². The molecule has 204 valence electrons. The van der Waals surface area contributed by atoms with Gasteiger partial charge in [-0.2, -0.15) is 0 Å². The van der Waals surface area contributed by atoms with Crippen molar-refractivity contribution in [1.29, 1.82) is 0 Å². The Balaban J connectivity index is 1.47. The SMILES string of the molecule is C[C@@H](O)[C@H]1C(=O)N2C(C(=O)O)=C(S[C@@H]3C[C@H](C(=O)N(C)C)N(C(=O)OCc4ccc([N+](=O)[O-])cc4)C3)S[C@H]12. The van der Waals surface area contributed by atoms with Crippen LogP contribution in [0.3, 0.4) is 0 Å². The van der Waals surface area contributed by atoms with Gasteiger partial charge in [0.1, 0.15) is 18.0 Å². The molecule has 0 unspecified atom stereocenters. The number of fused-ring (bicyclic) bond motifs is 1. The van der Waals surface area contributed by atoms with Crippen LogP contribution in [0.1, 0.15) is 18.9 Å². The number of aliphatic hydroxyl groups excluding tert-OH is 1. The molecule has 0 aromatic heterocycles. The summed E-state index contributed by atoms with van der Waals surface area (Å²) in [7, 11) is 3.13. The number of benzene rings is 1. The van der Waals surface area contributed by atoms with Crippen molar-refractivity contribution in [2.45, 2.75) is 42.7 Å². The molecule has 4 rings (SSSR count). The smallest absolute Gasteiger partial charge is 0.410 e. The first-order valence-corrected chi connectivity index (χ1v) is 13.4. The molecule has 15 heteroatoms. The molecule has 0 aliphatic carbocycles. The minimum absolute atomic E-state index is 0.0952. The van der Waals surface area contributed by atoms with E-state index in [1.807, 2.05) is 0 Å². The zero-order valence-electron chi connectivity index (χ0n) is 20.7. The lowest BCUT2D eigenvalue weighted by molar-refractivity contribution is -0.384. The molecular formula is C23H26N4O9S2. The number of nitrogens with zero attached hydrogens (tertiary/aromatic N) is 4. The van der Waals surface area contributed by atoms with Gasteiger partial charge in [-0.05, 0) is 31.0 Å². The Morgan fingerprint density at radius 1 is 1.29 bits per heavy atom. The molecule has 2 fully saturated rings. The second-order valence-electron chi connectivity index (χ2n) is 9.28. The number of nitro groups is 1. The van der Waals surface area contributed by atoms with Crippen LogP contribution in [-0.2, 0) is 25.7 Å². The Bertz CT molecular complexity index is 1200.